The number of nitrogen functional groups attached to an aromatic ring is 1. The van der Waals surface area contributed by atoms with Crippen molar-refractivity contribution in [2.45, 2.75) is 26.8 Å². The molecule has 0 radical (unpaired) electrons. The van der Waals surface area contributed by atoms with E-state index >= 15 is 0 Å². The quantitative estimate of drug-likeness (QED) is 0.852. The van der Waals surface area contributed by atoms with Gasteiger partial charge in [0.1, 0.15) is 0 Å². The van der Waals surface area contributed by atoms with Crippen LogP contribution in [-0.2, 0) is 0 Å². The van der Waals surface area contributed by atoms with Crippen LogP contribution >= 0.6 is 15.9 Å². The second-order valence-corrected chi connectivity index (χ2v) is 5.16. The van der Waals surface area contributed by atoms with E-state index in [0.717, 1.165) is 10.2 Å². The number of anilines is 2. The van der Waals surface area contributed by atoms with Crippen molar-refractivity contribution in [3.63, 3.8) is 0 Å². The van der Waals surface area contributed by atoms with Crippen LogP contribution in [-0.4, -0.2) is 13.1 Å². The summed E-state index contributed by atoms with van der Waals surface area (Å²) in [5.74, 6) is 0.624. The van der Waals surface area contributed by atoms with Crippen LogP contribution in [0, 0.1) is 5.92 Å². The molecule has 84 valence electrons. The van der Waals surface area contributed by atoms with Gasteiger partial charge < -0.3 is 10.6 Å². The van der Waals surface area contributed by atoms with Crippen LogP contribution in [0.25, 0.3) is 0 Å². The Morgan fingerprint density at radius 1 is 1.27 bits per heavy atom. The van der Waals surface area contributed by atoms with Crippen LogP contribution < -0.4 is 10.6 Å². The average molecular weight is 271 g/mol. The van der Waals surface area contributed by atoms with Crippen molar-refractivity contribution in [2.75, 3.05) is 17.7 Å². The van der Waals surface area contributed by atoms with Gasteiger partial charge in [0.2, 0.25) is 0 Å². The van der Waals surface area contributed by atoms with E-state index in [1.807, 2.05) is 12.1 Å². The Bertz CT molecular complexity index is 336. The van der Waals surface area contributed by atoms with Crippen LogP contribution in [0.15, 0.2) is 22.7 Å². The molecule has 2 nitrogen and oxygen atoms in total. The molecule has 15 heavy (non-hydrogen) atoms. The fraction of sp³-hybridized carbons (Fsp3) is 0.500. The lowest BCUT2D eigenvalue weighted by Gasteiger charge is -2.30. The van der Waals surface area contributed by atoms with Crippen molar-refractivity contribution in [1.29, 1.82) is 0 Å². The van der Waals surface area contributed by atoms with Crippen LogP contribution in [0.1, 0.15) is 20.8 Å². The summed E-state index contributed by atoms with van der Waals surface area (Å²) in [7, 11) is 2.11. The SMILES string of the molecule is CC(C)C(C)N(C)c1ccc(N)cc1Br. The molecular weight excluding hydrogens is 252 g/mol. The lowest BCUT2D eigenvalue weighted by molar-refractivity contribution is 0.505. The maximum Gasteiger partial charge on any atom is 0.0512 e. The Morgan fingerprint density at radius 2 is 1.87 bits per heavy atom. The minimum Gasteiger partial charge on any atom is -0.399 e. The molecule has 0 heterocycles. The van der Waals surface area contributed by atoms with Crippen molar-refractivity contribution in [1.82, 2.24) is 0 Å². The van der Waals surface area contributed by atoms with Crippen LogP contribution in [0.2, 0.25) is 0 Å². The Kier molecular flexibility index (Phi) is 4.03. The van der Waals surface area contributed by atoms with Gasteiger partial charge in [0.25, 0.3) is 0 Å². The minimum atomic E-state index is 0.505. The minimum absolute atomic E-state index is 0.505. The van der Waals surface area contributed by atoms with Crippen molar-refractivity contribution in [3.05, 3.63) is 22.7 Å². The summed E-state index contributed by atoms with van der Waals surface area (Å²) < 4.78 is 1.05. The highest BCUT2D eigenvalue weighted by molar-refractivity contribution is 9.10. The van der Waals surface area contributed by atoms with E-state index in [4.69, 9.17) is 5.73 Å². The summed E-state index contributed by atoms with van der Waals surface area (Å²) >= 11 is 3.54. The molecule has 1 unspecified atom stereocenters. The van der Waals surface area contributed by atoms with E-state index in [-0.39, 0.29) is 0 Å². The molecule has 1 atom stereocenters. The molecule has 1 aromatic carbocycles. The molecule has 0 fully saturated rings. The molecule has 2 N–H and O–H groups in total. The second-order valence-electron chi connectivity index (χ2n) is 4.31. The molecule has 1 rings (SSSR count). The largest absolute Gasteiger partial charge is 0.399 e. The summed E-state index contributed by atoms with van der Waals surface area (Å²) in [6, 6.07) is 6.44. The summed E-state index contributed by atoms with van der Waals surface area (Å²) in [5, 5.41) is 0. The Balaban J connectivity index is 2.96. The first-order valence-electron chi connectivity index (χ1n) is 5.21. The van der Waals surface area contributed by atoms with Gasteiger partial charge in [0, 0.05) is 23.2 Å². The number of halogens is 1. The molecule has 0 bridgehead atoms. The molecule has 0 aliphatic heterocycles. The Hall–Kier alpha value is -0.700. The van der Waals surface area contributed by atoms with E-state index in [0.29, 0.717) is 12.0 Å². The molecule has 0 amide bonds. The molecular formula is C12H19BrN2. The maximum absolute atomic E-state index is 5.72. The first-order valence-corrected chi connectivity index (χ1v) is 6.00. The third-order valence-corrected chi connectivity index (χ3v) is 3.56. The van der Waals surface area contributed by atoms with Gasteiger partial charge in [-0.3, -0.25) is 0 Å². The fourth-order valence-corrected chi connectivity index (χ4v) is 2.15. The molecule has 0 aliphatic carbocycles. The molecule has 0 spiro atoms. The van der Waals surface area contributed by atoms with Crippen LogP contribution in [0.5, 0.6) is 0 Å². The lowest BCUT2D eigenvalue weighted by atomic mass is 10.0. The molecule has 0 saturated carbocycles. The van der Waals surface area contributed by atoms with Gasteiger partial charge in [0.05, 0.1) is 5.69 Å². The number of hydrogen-bond donors (Lipinski definition) is 1. The van der Waals surface area contributed by atoms with Gasteiger partial charge in [-0.05, 0) is 47.0 Å². The van der Waals surface area contributed by atoms with E-state index in [1.165, 1.54) is 5.69 Å². The molecule has 0 aromatic heterocycles. The lowest BCUT2D eigenvalue weighted by Crippen LogP contribution is -2.33. The van der Waals surface area contributed by atoms with Crippen LogP contribution in [0.3, 0.4) is 0 Å². The predicted octanol–water partition coefficient (Wildman–Crippen LogP) is 3.51. The molecule has 3 heteroatoms. The number of rotatable bonds is 3. The highest BCUT2D eigenvalue weighted by Gasteiger charge is 2.15. The van der Waals surface area contributed by atoms with Crippen molar-refractivity contribution < 1.29 is 0 Å². The third kappa shape index (κ3) is 2.88. The zero-order valence-electron chi connectivity index (χ0n) is 9.79. The van der Waals surface area contributed by atoms with Gasteiger partial charge in [0.15, 0.2) is 0 Å². The summed E-state index contributed by atoms with van der Waals surface area (Å²) in [5.41, 5.74) is 7.69. The fourth-order valence-electron chi connectivity index (χ4n) is 1.48. The zero-order valence-corrected chi connectivity index (χ0v) is 11.4. The Labute approximate surface area is 101 Å². The van der Waals surface area contributed by atoms with Crippen molar-refractivity contribution >= 4 is 27.3 Å². The van der Waals surface area contributed by atoms with Gasteiger partial charge in [-0.15, -0.1) is 0 Å². The molecule has 0 aliphatic rings. The maximum atomic E-state index is 5.72. The number of hydrogen-bond acceptors (Lipinski definition) is 2. The summed E-state index contributed by atoms with van der Waals surface area (Å²) in [6.07, 6.45) is 0. The van der Waals surface area contributed by atoms with E-state index in [2.05, 4.69) is 54.7 Å². The Morgan fingerprint density at radius 3 is 2.33 bits per heavy atom. The standard InChI is InChI=1S/C12H19BrN2/c1-8(2)9(3)15(4)12-6-5-10(14)7-11(12)13/h5-9H,14H2,1-4H3. The third-order valence-electron chi connectivity index (χ3n) is 2.93. The zero-order chi connectivity index (χ0) is 11.6. The van der Waals surface area contributed by atoms with Crippen molar-refractivity contribution in [2.24, 2.45) is 5.92 Å². The van der Waals surface area contributed by atoms with E-state index < -0.39 is 0 Å². The average Bonchev–Trinajstić information content (AvgIpc) is 2.15. The smallest absolute Gasteiger partial charge is 0.0512 e. The van der Waals surface area contributed by atoms with Crippen molar-refractivity contribution in [3.8, 4) is 0 Å². The highest BCUT2D eigenvalue weighted by atomic mass is 79.9. The number of benzene rings is 1. The molecule has 0 saturated heterocycles. The van der Waals surface area contributed by atoms with Crippen LogP contribution in [0.4, 0.5) is 11.4 Å². The first kappa shape index (κ1) is 12.4. The number of nitrogens with zero attached hydrogens (tertiary/aromatic N) is 1. The van der Waals surface area contributed by atoms with Gasteiger partial charge >= 0.3 is 0 Å². The van der Waals surface area contributed by atoms with Gasteiger partial charge in [-0.25, -0.2) is 0 Å². The van der Waals surface area contributed by atoms with Gasteiger partial charge in [-0.1, -0.05) is 13.8 Å². The normalized spacial score (nSPS) is 12.9. The monoisotopic (exact) mass is 270 g/mol. The number of nitrogens with two attached hydrogens (primary N) is 1. The first-order chi connectivity index (χ1) is 6.93. The topological polar surface area (TPSA) is 29.3 Å². The predicted molar refractivity (Wildman–Crippen MR) is 71.3 cm³/mol. The van der Waals surface area contributed by atoms with E-state index in [9.17, 15) is 0 Å². The summed E-state index contributed by atoms with van der Waals surface area (Å²) in [6.45, 7) is 6.69. The second kappa shape index (κ2) is 4.88. The summed E-state index contributed by atoms with van der Waals surface area (Å²) in [4.78, 5) is 2.27. The molecule has 1 aromatic rings. The van der Waals surface area contributed by atoms with E-state index in [1.54, 1.807) is 0 Å². The highest BCUT2D eigenvalue weighted by Crippen LogP contribution is 2.29. The van der Waals surface area contributed by atoms with Gasteiger partial charge in [-0.2, -0.15) is 0 Å².